The third kappa shape index (κ3) is 9.66. The van der Waals surface area contributed by atoms with Gasteiger partial charge in [0, 0.05) is 0 Å². The molecule has 0 aliphatic rings. The quantitative estimate of drug-likeness (QED) is 0.675. The third-order valence-corrected chi connectivity index (χ3v) is 1.37. The Morgan fingerprint density at radius 1 is 1.36 bits per heavy atom. The lowest BCUT2D eigenvalue weighted by Gasteiger charge is -2.05. The Kier molecular flexibility index (Phi) is 3.27. The van der Waals surface area contributed by atoms with Gasteiger partial charge in [0.1, 0.15) is 0 Å². The molecule has 0 aromatic carbocycles. The molecule has 0 saturated carbocycles. The Labute approximate surface area is 61.2 Å². The number of nitrogens with two attached hydrogens (primary N) is 1. The normalized spacial score (nSPS) is 13.5. The molecule has 2 N–H and O–H groups in total. The molecule has 0 aliphatic heterocycles. The molecule has 68 valence electrons. The Balaban J connectivity index is 3.61. The van der Waals surface area contributed by atoms with Gasteiger partial charge in [-0.15, -0.1) is 13.2 Å². The Morgan fingerprint density at radius 3 is 2.09 bits per heavy atom. The van der Waals surface area contributed by atoms with Crippen LogP contribution in [0.15, 0.2) is 0 Å². The van der Waals surface area contributed by atoms with Crippen LogP contribution in [-0.4, -0.2) is 27.1 Å². The molecular formula is C3H6F3NO3S. The summed E-state index contributed by atoms with van der Waals surface area (Å²) in [7, 11) is -3.87. The van der Waals surface area contributed by atoms with Crippen molar-refractivity contribution in [2.24, 2.45) is 5.14 Å². The first kappa shape index (κ1) is 10.7. The highest BCUT2D eigenvalue weighted by Crippen LogP contribution is 2.15. The first-order valence-electron chi connectivity index (χ1n) is 2.42. The molecule has 0 radical (unpaired) electrons. The van der Waals surface area contributed by atoms with Gasteiger partial charge in [0.25, 0.3) is 0 Å². The largest absolute Gasteiger partial charge is 0.522 e. The molecule has 0 rings (SSSR count). The first-order valence-corrected chi connectivity index (χ1v) is 4.13. The van der Waals surface area contributed by atoms with E-state index in [-0.39, 0.29) is 0 Å². The van der Waals surface area contributed by atoms with Crippen LogP contribution in [0.2, 0.25) is 0 Å². The first-order chi connectivity index (χ1) is 4.71. The van der Waals surface area contributed by atoms with Crippen molar-refractivity contribution in [2.75, 3.05) is 12.4 Å². The highest BCUT2D eigenvalue weighted by atomic mass is 32.2. The number of ether oxygens (including phenoxy) is 1. The summed E-state index contributed by atoms with van der Waals surface area (Å²) >= 11 is 0. The van der Waals surface area contributed by atoms with Crippen molar-refractivity contribution in [1.29, 1.82) is 0 Å². The van der Waals surface area contributed by atoms with E-state index >= 15 is 0 Å². The fourth-order valence-electron chi connectivity index (χ4n) is 0.274. The fourth-order valence-corrected chi connectivity index (χ4v) is 0.589. The van der Waals surface area contributed by atoms with Gasteiger partial charge in [-0.1, -0.05) is 0 Å². The smallest absolute Gasteiger partial charge is 0.291 e. The molecule has 0 unspecified atom stereocenters. The molecule has 11 heavy (non-hydrogen) atoms. The molecule has 0 saturated heterocycles. The molecule has 0 bridgehead atoms. The van der Waals surface area contributed by atoms with E-state index in [1.807, 2.05) is 0 Å². The van der Waals surface area contributed by atoms with Gasteiger partial charge in [-0.05, 0) is 0 Å². The summed E-state index contributed by atoms with van der Waals surface area (Å²) in [5.41, 5.74) is 0. The molecule has 0 aromatic rings. The molecule has 8 heteroatoms. The molecule has 0 fully saturated rings. The zero-order chi connectivity index (χ0) is 9.12. The van der Waals surface area contributed by atoms with Crippen molar-refractivity contribution in [3.05, 3.63) is 0 Å². The molecular weight excluding hydrogens is 187 g/mol. The van der Waals surface area contributed by atoms with Crippen LogP contribution < -0.4 is 5.14 Å². The Bertz CT molecular complexity index is 208. The highest BCUT2D eigenvalue weighted by Gasteiger charge is 2.29. The van der Waals surface area contributed by atoms with Crippen LogP contribution in [-0.2, 0) is 14.8 Å². The van der Waals surface area contributed by atoms with Crippen LogP contribution in [0.25, 0.3) is 0 Å². The molecule has 0 spiro atoms. The number of primary sulfonamides is 1. The highest BCUT2D eigenvalue weighted by molar-refractivity contribution is 7.89. The van der Waals surface area contributed by atoms with E-state index in [4.69, 9.17) is 0 Å². The predicted molar refractivity (Wildman–Crippen MR) is 30.0 cm³/mol. The lowest BCUT2D eigenvalue weighted by molar-refractivity contribution is -0.322. The number of alkyl halides is 3. The summed E-state index contributed by atoms with van der Waals surface area (Å²) in [5, 5.41) is 4.39. The van der Waals surface area contributed by atoms with Crippen LogP contribution in [0, 0.1) is 0 Å². The molecule has 4 nitrogen and oxygen atoms in total. The maximum atomic E-state index is 11.2. The second kappa shape index (κ2) is 3.37. The van der Waals surface area contributed by atoms with Gasteiger partial charge in [-0.25, -0.2) is 13.6 Å². The van der Waals surface area contributed by atoms with E-state index in [1.54, 1.807) is 0 Å². The van der Waals surface area contributed by atoms with Gasteiger partial charge < -0.3 is 0 Å². The lowest BCUT2D eigenvalue weighted by atomic mass is 10.9. The minimum atomic E-state index is -4.80. The van der Waals surface area contributed by atoms with Crippen molar-refractivity contribution < 1.29 is 26.3 Å². The second-order valence-corrected chi connectivity index (χ2v) is 3.40. The van der Waals surface area contributed by atoms with Crippen LogP contribution in [0.3, 0.4) is 0 Å². The number of hydrogen-bond acceptors (Lipinski definition) is 3. The summed E-state index contributed by atoms with van der Waals surface area (Å²) in [6.07, 6.45) is -4.80. The number of sulfonamides is 1. The van der Waals surface area contributed by atoms with Gasteiger partial charge in [0.05, 0.1) is 12.4 Å². The topological polar surface area (TPSA) is 69.4 Å². The van der Waals surface area contributed by atoms with Crippen molar-refractivity contribution in [3.63, 3.8) is 0 Å². The molecule has 0 amide bonds. The fraction of sp³-hybridized carbons (Fsp3) is 1.00. The van der Waals surface area contributed by atoms with Gasteiger partial charge in [-0.2, -0.15) is 0 Å². The van der Waals surface area contributed by atoms with E-state index in [0.717, 1.165) is 0 Å². The number of rotatable bonds is 3. The standard InChI is InChI=1S/C3H6F3NO3S/c4-3(5,6)10-1-2-11(7,8)9/h1-2H2,(H2,7,8,9). The lowest BCUT2D eigenvalue weighted by Crippen LogP contribution is -2.24. The molecule has 0 aliphatic carbocycles. The van der Waals surface area contributed by atoms with Crippen molar-refractivity contribution in [2.45, 2.75) is 6.36 Å². The monoisotopic (exact) mass is 193 g/mol. The minimum absolute atomic E-state index is 0.841. The van der Waals surface area contributed by atoms with Gasteiger partial charge in [-0.3, -0.25) is 4.74 Å². The van der Waals surface area contributed by atoms with Crippen LogP contribution >= 0.6 is 0 Å². The maximum absolute atomic E-state index is 11.2. The van der Waals surface area contributed by atoms with E-state index in [1.165, 1.54) is 0 Å². The van der Waals surface area contributed by atoms with Gasteiger partial charge in [0.15, 0.2) is 0 Å². The van der Waals surface area contributed by atoms with Crippen LogP contribution in [0.5, 0.6) is 0 Å². The van der Waals surface area contributed by atoms with E-state index in [2.05, 4.69) is 9.88 Å². The predicted octanol–water partition coefficient (Wildman–Crippen LogP) is -0.189. The number of halogens is 3. The summed E-state index contributed by atoms with van der Waals surface area (Å²) in [6, 6.07) is 0. The Hall–Kier alpha value is -0.340. The summed E-state index contributed by atoms with van der Waals surface area (Å²) in [5.74, 6) is -0.841. The van der Waals surface area contributed by atoms with Crippen molar-refractivity contribution in [1.82, 2.24) is 0 Å². The zero-order valence-corrected chi connectivity index (χ0v) is 6.07. The number of hydrogen-bond donors (Lipinski definition) is 1. The van der Waals surface area contributed by atoms with Crippen molar-refractivity contribution >= 4 is 10.0 Å². The second-order valence-electron chi connectivity index (χ2n) is 1.66. The SMILES string of the molecule is NS(=O)(=O)CCOC(F)(F)F. The molecule has 0 aromatic heterocycles. The summed E-state index contributed by atoms with van der Waals surface area (Å²) < 4.78 is 56.8. The van der Waals surface area contributed by atoms with E-state index in [0.29, 0.717) is 0 Å². The van der Waals surface area contributed by atoms with Crippen LogP contribution in [0.1, 0.15) is 0 Å². The zero-order valence-electron chi connectivity index (χ0n) is 5.26. The summed E-state index contributed by atoms with van der Waals surface area (Å²) in [4.78, 5) is 0. The van der Waals surface area contributed by atoms with Crippen molar-refractivity contribution in [3.8, 4) is 0 Å². The Morgan fingerprint density at radius 2 is 1.82 bits per heavy atom. The summed E-state index contributed by atoms with van der Waals surface area (Å²) in [6.45, 7) is -0.970. The average molecular weight is 193 g/mol. The third-order valence-electron chi connectivity index (χ3n) is 0.634. The van der Waals surface area contributed by atoms with Gasteiger partial charge >= 0.3 is 6.36 Å². The van der Waals surface area contributed by atoms with Gasteiger partial charge in [0.2, 0.25) is 10.0 Å². The maximum Gasteiger partial charge on any atom is 0.522 e. The van der Waals surface area contributed by atoms with E-state index < -0.39 is 28.7 Å². The van der Waals surface area contributed by atoms with E-state index in [9.17, 15) is 21.6 Å². The van der Waals surface area contributed by atoms with Crippen LogP contribution in [0.4, 0.5) is 13.2 Å². The minimum Gasteiger partial charge on any atom is -0.291 e. The molecule has 0 heterocycles. The molecule has 0 atom stereocenters. The average Bonchev–Trinajstić information content (AvgIpc) is 1.55.